The second-order valence-electron chi connectivity index (χ2n) is 5.31. The smallest absolute Gasteiger partial charge is 0.419 e. The molecule has 0 aliphatic carbocycles. The predicted molar refractivity (Wildman–Crippen MR) is 85.3 cm³/mol. The average Bonchev–Trinajstić information content (AvgIpc) is 2.75. The van der Waals surface area contributed by atoms with E-state index < -0.39 is 28.6 Å². The van der Waals surface area contributed by atoms with E-state index in [4.69, 9.17) is 0 Å². The number of amides is 2. The highest BCUT2D eigenvalue weighted by atomic mass is 32.2. The van der Waals surface area contributed by atoms with Crippen molar-refractivity contribution in [2.75, 3.05) is 6.54 Å². The number of nitrogens with zero attached hydrogens (tertiary/aromatic N) is 1. The molecule has 130 valence electrons. The van der Waals surface area contributed by atoms with Crippen molar-refractivity contribution in [3.63, 3.8) is 0 Å². The lowest BCUT2D eigenvalue weighted by Gasteiger charge is -2.11. The van der Waals surface area contributed by atoms with E-state index in [-0.39, 0.29) is 10.5 Å². The highest BCUT2D eigenvalue weighted by Gasteiger charge is 2.36. The van der Waals surface area contributed by atoms with E-state index in [9.17, 15) is 27.9 Å². The van der Waals surface area contributed by atoms with Crippen LogP contribution in [0.15, 0.2) is 23.1 Å². The van der Waals surface area contributed by atoms with E-state index in [0.29, 0.717) is 24.7 Å². The molecule has 8 heteroatoms. The van der Waals surface area contributed by atoms with Crippen LogP contribution in [0.4, 0.5) is 18.0 Å². The molecule has 2 amide bonds. The molecule has 1 aliphatic heterocycles. The number of phenolic OH excluding ortho intramolecular Hbond substituents is 1. The maximum Gasteiger partial charge on any atom is 0.419 e. The molecule has 0 saturated carbocycles. The summed E-state index contributed by atoms with van der Waals surface area (Å²) in [6.45, 7) is 2.30. The van der Waals surface area contributed by atoms with Gasteiger partial charge in [-0.25, -0.2) is 0 Å². The molecule has 1 aromatic rings. The topological polar surface area (TPSA) is 57.6 Å². The minimum atomic E-state index is -4.70. The molecule has 1 aliphatic rings. The quantitative estimate of drug-likeness (QED) is 0.615. The Kier molecular flexibility index (Phi) is 5.58. The van der Waals surface area contributed by atoms with Gasteiger partial charge in [0.15, 0.2) is 0 Å². The van der Waals surface area contributed by atoms with Crippen molar-refractivity contribution in [3.05, 3.63) is 34.2 Å². The van der Waals surface area contributed by atoms with Crippen LogP contribution >= 0.6 is 11.8 Å². The summed E-state index contributed by atoms with van der Waals surface area (Å²) in [4.78, 5) is 25.3. The van der Waals surface area contributed by atoms with E-state index in [2.05, 4.69) is 0 Å². The standard InChI is InChI=1S/C16H16F3NO3S/c1-2-3-4-7-20-14(22)13(24-15(20)23)9-10-5-6-12(21)11(8-10)16(17,18)19/h5-6,8-9,21H,2-4,7H2,1H3. The summed E-state index contributed by atoms with van der Waals surface area (Å²) in [5, 5.41) is 8.89. The van der Waals surface area contributed by atoms with Crippen molar-refractivity contribution in [1.82, 2.24) is 4.90 Å². The van der Waals surface area contributed by atoms with Gasteiger partial charge in [0.1, 0.15) is 5.75 Å². The lowest BCUT2D eigenvalue weighted by atomic mass is 10.1. The molecule has 2 rings (SSSR count). The highest BCUT2D eigenvalue weighted by Crippen LogP contribution is 2.38. The third-order valence-electron chi connectivity index (χ3n) is 3.48. The van der Waals surface area contributed by atoms with Crippen LogP contribution in [0.3, 0.4) is 0 Å². The van der Waals surface area contributed by atoms with Crippen molar-refractivity contribution in [1.29, 1.82) is 0 Å². The van der Waals surface area contributed by atoms with Gasteiger partial charge >= 0.3 is 6.18 Å². The Hall–Kier alpha value is -1.96. The van der Waals surface area contributed by atoms with Gasteiger partial charge < -0.3 is 5.11 Å². The Morgan fingerprint density at radius 1 is 1.25 bits per heavy atom. The number of hydrogen-bond donors (Lipinski definition) is 1. The molecule has 0 bridgehead atoms. The van der Waals surface area contributed by atoms with Crippen LogP contribution in [0.2, 0.25) is 0 Å². The molecule has 4 nitrogen and oxygen atoms in total. The normalized spacial score (nSPS) is 17.2. The van der Waals surface area contributed by atoms with Crippen molar-refractivity contribution >= 4 is 29.0 Å². The van der Waals surface area contributed by atoms with Crippen LogP contribution in [0.5, 0.6) is 5.75 Å². The second-order valence-corrected chi connectivity index (χ2v) is 6.31. The van der Waals surface area contributed by atoms with Gasteiger partial charge in [-0.1, -0.05) is 25.8 Å². The number of benzene rings is 1. The van der Waals surface area contributed by atoms with E-state index in [1.165, 1.54) is 12.1 Å². The van der Waals surface area contributed by atoms with Gasteiger partial charge in [-0.3, -0.25) is 14.5 Å². The van der Waals surface area contributed by atoms with Gasteiger partial charge in [0, 0.05) is 6.54 Å². The zero-order valence-electron chi connectivity index (χ0n) is 12.9. The van der Waals surface area contributed by atoms with Gasteiger partial charge in [0.2, 0.25) is 0 Å². The molecule has 1 saturated heterocycles. The first-order valence-electron chi connectivity index (χ1n) is 7.39. The molecule has 1 heterocycles. The number of unbranched alkanes of at least 4 members (excludes halogenated alkanes) is 2. The minimum absolute atomic E-state index is 0.0790. The predicted octanol–water partition coefficient (Wildman–Crippen LogP) is 4.64. The van der Waals surface area contributed by atoms with Crippen LogP contribution in [0, 0.1) is 0 Å². The van der Waals surface area contributed by atoms with Crippen molar-refractivity contribution < 1.29 is 27.9 Å². The third kappa shape index (κ3) is 4.11. The van der Waals surface area contributed by atoms with Crippen molar-refractivity contribution in [3.8, 4) is 5.75 Å². The van der Waals surface area contributed by atoms with E-state index >= 15 is 0 Å². The molecule has 1 aromatic carbocycles. The van der Waals surface area contributed by atoms with E-state index in [1.807, 2.05) is 6.92 Å². The molecule has 0 spiro atoms. The van der Waals surface area contributed by atoms with Crippen molar-refractivity contribution in [2.45, 2.75) is 32.4 Å². The van der Waals surface area contributed by atoms with Crippen LogP contribution in [0.25, 0.3) is 6.08 Å². The van der Waals surface area contributed by atoms with Crippen LogP contribution in [0.1, 0.15) is 37.3 Å². The number of carbonyl (C=O) groups is 2. The van der Waals surface area contributed by atoms with Crippen LogP contribution in [-0.4, -0.2) is 27.7 Å². The second kappa shape index (κ2) is 7.29. The Balaban J connectivity index is 2.23. The first kappa shape index (κ1) is 18.4. The lowest BCUT2D eigenvalue weighted by molar-refractivity contribution is -0.138. The Morgan fingerprint density at radius 2 is 1.96 bits per heavy atom. The number of rotatable bonds is 5. The summed E-state index contributed by atoms with van der Waals surface area (Å²) in [5.74, 6) is -1.38. The molecular formula is C16H16F3NO3S. The first-order chi connectivity index (χ1) is 11.2. The third-order valence-corrected chi connectivity index (χ3v) is 4.39. The number of halogens is 3. The average molecular weight is 359 g/mol. The lowest BCUT2D eigenvalue weighted by Crippen LogP contribution is -2.29. The molecular weight excluding hydrogens is 343 g/mol. The van der Waals surface area contributed by atoms with Crippen LogP contribution < -0.4 is 0 Å². The summed E-state index contributed by atoms with van der Waals surface area (Å²) in [5.41, 5.74) is -1.09. The number of carbonyl (C=O) groups excluding carboxylic acids is 2. The van der Waals surface area contributed by atoms with Gasteiger partial charge in [0.05, 0.1) is 10.5 Å². The zero-order valence-corrected chi connectivity index (χ0v) is 13.7. The Bertz CT molecular complexity index is 686. The van der Waals surface area contributed by atoms with Crippen LogP contribution in [-0.2, 0) is 11.0 Å². The fraction of sp³-hybridized carbons (Fsp3) is 0.375. The highest BCUT2D eigenvalue weighted by molar-refractivity contribution is 8.18. The largest absolute Gasteiger partial charge is 0.507 e. The zero-order chi connectivity index (χ0) is 17.9. The Labute approximate surface area is 141 Å². The minimum Gasteiger partial charge on any atom is -0.507 e. The number of thioether (sulfide) groups is 1. The van der Waals surface area contributed by atoms with Gasteiger partial charge in [-0.15, -0.1) is 0 Å². The maximum atomic E-state index is 12.8. The number of aromatic hydroxyl groups is 1. The van der Waals surface area contributed by atoms with E-state index in [1.54, 1.807) is 0 Å². The molecule has 24 heavy (non-hydrogen) atoms. The summed E-state index contributed by atoms with van der Waals surface area (Å²) < 4.78 is 38.4. The monoisotopic (exact) mass is 359 g/mol. The fourth-order valence-electron chi connectivity index (χ4n) is 2.23. The first-order valence-corrected chi connectivity index (χ1v) is 8.21. The van der Waals surface area contributed by atoms with Gasteiger partial charge in [0.25, 0.3) is 11.1 Å². The number of hydrogen-bond acceptors (Lipinski definition) is 4. The number of imide groups is 1. The molecule has 1 fully saturated rings. The summed E-state index contributed by atoms with van der Waals surface area (Å²) in [6.07, 6.45) is -0.945. The number of phenols is 1. The molecule has 0 atom stereocenters. The van der Waals surface area contributed by atoms with E-state index in [0.717, 1.165) is 29.9 Å². The molecule has 0 radical (unpaired) electrons. The molecule has 0 unspecified atom stereocenters. The van der Waals surface area contributed by atoms with Gasteiger partial charge in [-0.2, -0.15) is 13.2 Å². The maximum absolute atomic E-state index is 12.8. The fourth-order valence-corrected chi connectivity index (χ4v) is 3.10. The molecule has 1 N–H and O–H groups in total. The summed E-state index contributed by atoms with van der Waals surface area (Å²) in [6, 6.07) is 2.93. The van der Waals surface area contributed by atoms with Gasteiger partial charge in [-0.05, 0) is 42.0 Å². The SMILES string of the molecule is CCCCCN1C(=O)SC(=Cc2ccc(O)c(C(F)(F)F)c2)C1=O. The number of alkyl halides is 3. The summed E-state index contributed by atoms with van der Waals surface area (Å²) >= 11 is 0.707. The molecule has 0 aromatic heterocycles. The van der Waals surface area contributed by atoms with Crippen molar-refractivity contribution in [2.24, 2.45) is 0 Å². The Morgan fingerprint density at radius 3 is 2.58 bits per heavy atom. The summed E-state index contributed by atoms with van der Waals surface area (Å²) in [7, 11) is 0.